The standard InChI is InChI=1S/C27H39Br2NP2/c1-16(2)31(17(3)4)24-14-22(28)12-20-10-11-21-13-23(29)15-25(27(21)30(9)26(20)24)32(18(5)6)19(7)8/h12-19H,10-11H2,1-9H3. The highest BCUT2D eigenvalue weighted by Gasteiger charge is 2.32. The van der Waals surface area contributed by atoms with E-state index in [1.807, 2.05) is 0 Å². The first-order valence-corrected chi connectivity index (χ1v) is 16.4. The van der Waals surface area contributed by atoms with E-state index in [9.17, 15) is 0 Å². The molecule has 0 spiro atoms. The van der Waals surface area contributed by atoms with Crippen molar-refractivity contribution in [3.63, 3.8) is 0 Å². The highest BCUT2D eigenvalue weighted by Crippen LogP contribution is 2.53. The molecule has 0 unspecified atom stereocenters. The van der Waals surface area contributed by atoms with Gasteiger partial charge in [-0.25, -0.2) is 0 Å². The van der Waals surface area contributed by atoms with Gasteiger partial charge in [0.05, 0.1) is 11.4 Å². The van der Waals surface area contributed by atoms with Gasteiger partial charge in [-0.05, 0) is 70.9 Å². The first-order valence-electron chi connectivity index (χ1n) is 11.9. The molecule has 1 heterocycles. The Kier molecular flexibility index (Phi) is 8.97. The number of halogens is 2. The van der Waals surface area contributed by atoms with Crippen molar-refractivity contribution in [3.05, 3.63) is 44.3 Å². The number of aryl methyl sites for hydroxylation is 2. The molecule has 0 aromatic heterocycles. The Bertz CT molecular complexity index is 875. The maximum atomic E-state index is 3.86. The lowest BCUT2D eigenvalue weighted by molar-refractivity contribution is 0.975. The molecular formula is C27H39Br2NP2. The van der Waals surface area contributed by atoms with Gasteiger partial charge in [0.1, 0.15) is 0 Å². The Morgan fingerprint density at radius 3 is 1.22 bits per heavy atom. The lowest BCUT2D eigenvalue weighted by Crippen LogP contribution is -2.28. The summed E-state index contributed by atoms with van der Waals surface area (Å²) in [5.74, 6) is 0. The van der Waals surface area contributed by atoms with Gasteiger partial charge < -0.3 is 4.90 Å². The molecule has 0 fully saturated rings. The predicted molar refractivity (Wildman–Crippen MR) is 157 cm³/mol. The van der Waals surface area contributed by atoms with Crippen molar-refractivity contribution in [2.24, 2.45) is 0 Å². The average Bonchev–Trinajstić information content (AvgIpc) is 2.77. The molecule has 176 valence electrons. The molecular weight excluding hydrogens is 560 g/mol. The zero-order chi connectivity index (χ0) is 23.9. The van der Waals surface area contributed by atoms with Crippen LogP contribution in [0.3, 0.4) is 0 Å². The minimum atomic E-state index is -0.264. The SMILES string of the molecule is CC(C)P(c1cc(Br)cc2c1N(C)c1c(cc(Br)cc1P(C(C)C)C(C)C)CC2)C(C)C. The Morgan fingerprint density at radius 2 is 0.938 bits per heavy atom. The molecule has 0 amide bonds. The quantitative estimate of drug-likeness (QED) is 0.300. The number of rotatable bonds is 6. The maximum Gasteiger partial charge on any atom is 0.0520 e. The average molecular weight is 599 g/mol. The van der Waals surface area contributed by atoms with Crippen molar-refractivity contribution in [1.29, 1.82) is 0 Å². The van der Waals surface area contributed by atoms with E-state index < -0.39 is 0 Å². The Morgan fingerprint density at radius 1 is 0.625 bits per heavy atom. The highest BCUT2D eigenvalue weighted by molar-refractivity contribution is 9.10. The Balaban J connectivity index is 2.32. The molecule has 3 rings (SSSR count). The number of benzene rings is 2. The minimum absolute atomic E-state index is 0.264. The van der Waals surface area contributed by atoms with Crippen LogP contribution in [-0.2, 0) is 12.8 Å². The number of anilines is 2. The van der Waals surface area contributed by atoms with E-state index in [0.717, 1.165) is 12.8 Å². The van der Waals surface area contributed by atoms with Gasteiger partial charge in [0, 0.05) is 26.6 Å². The van der Waals surface area contributed by atoms with Gasteiger partial charge >= 0.3 is 0 Å². The van der Waals surface area contributed by atoms with E-state index in [1.165, 1.54) is 31.4 Å². The number of hydrogen-bond acceptors (Lipinski definition) is 1. The Labute approximate surface area is 215 Å². The van der Waals surface area contributed by atoms with E-state index in [-0.39, 0.29) is 15.8 Å². The van der Waals surface area contributed by atoms with Crippen LogP contribution in [0.5, 0.6) is 0 Å². The summed E-state index contributed by atoms with van der Waals surface area (Å²) in [5.41, 5.74) is 8.57. The minimum Gasteiger partial charge on any atom is -0.343 e. The molecule has 5 heteroatoms. The summed E-state index contributed by atoms with van der Waals surface area (Å²) in [6, 6.07) is 9.60. The van der Waals surface area contributed by atoms with Crippen molar-refractivity contribution >= 4 is 69.7 Å². The second-order valence-corrected chi connectivity index (χ2v) is 18.7. The fraction of sp³-hybridized carbons (Fsp3) is 0.556. The fourth-order valence-electron chi connectivity index (χ4n) is 5.52. The van der Waals surface area contributed by atoms with Crippen LogP contribution in [0.15, 0.2) is 33.2 Å². The summed E-state index contributed by atoms with van der Waals surface area (Å²) in [6.07, 6.45) is 2.19. The first-order chi connectivity index (χ1) is 14.9. The van der Waals surface area contributed by atoms with E-state index in [0.29, 0.717) is 22.6 Å². The van der Waals surface area contributed by atoms with Crippen LogP contribution in [0.4, 0.5) is 11.4 Å². The number of nitrogens with zero attached hydrogens (tertiary/aromatic N) is 1. The molecule has 0 atom stereocenters. The van der Waals surface area contributed by atoms with Gasteiger partial charge in [-0.1, -0.05) is 103 Å². The zero-order valence-corrected chi connectivity index (χ0v) is 26.1. The van der Waals surface area contributed by atoms with Crippen LogP contribution < -0.4 is 15.5 Å². The molecule has 1 nitrogen and oxygen atoms in total. The van der Waals surface area contributed by atoms with Crippen molar-refractivity contribution in [2.75, 3.05) is 11.9 Å². The largest absolute Gasteiger partial charge is 0.343 e. The summed E-state index contributed by atoms with van der Waals surface area (Å²) in [6.45, 7) is 19.2. The molecule has 0 saturated carbocycles. The molecule has 0 radical (unpaired) electrons. The fourth-order valence-corrected chi connectivity index (χ4v) is 13.1. The third kappa shape index (κ3) is 5.32. The summed E-state index contributed by atoms with van der Waals surface area (Å²) in [4.78, 5) is 2.58. The zero-order valence-electron chi connectivity index (χ0n) is 21.1. The monoisotopic (exact) mass is 597 g/mol. The normalized spacial score (nSPS) is 14.2. The van der Waals surface area contributed by atoms with Gasteiger partial charge in [0.25, 0.3) is 0 Å². The Hall–Kier alpha value is 0.0600. The lowest BCUT2D eigenvalue weighted by Gasteiger charge is -2.36. The summed E-state index contributed by atoms with van der Waals surface area (Å²) in [7, 11) is 1.81. The predicted octanol–water partition coefficient (Wildman–Crippen LogP) is 8.93. The third-order valence-electron chi connectivity index (χ3n) is 6.38. The third-order valence-corrected chi connectivity index (χ3v) is 13.5. The van der Waals surface area contributed by atoms with E-state index in [1.54, 1.807) is 10.6 Å². The second kappa shape index (κ2) is 10.8. The topological polar surface area (TPSA) is 3.24 Å². The van der Waals surface area contributed by atoms with Gasteiger partial charge in [-0.3, -0.25) is 0 Å². The van der Waals surface area contributed by atoms with E-state index >= 15 is 0 Å². The summed E-state index contributed by atoms with van der Waals surface area (Å²) in [5, 5.41) is 3.13. The van der Waals surface area contributed by atoms with Gasteiger partial charge in [-0.15, -0.1) is 0 Å². The van der Waals surface area contributed by atoms with Crippen molar-refractivity contribution in [3.8, 4) is 0 Å². The molecule has 2 aromatic rings. The van der Waals surface area contributed by atoms with Crippen LogP contribution in [0.2, 0.25) is 0 Å². The first kappa shape index (κ1) is 26.7. The van der Waals surface area contributed by atoms with Gasteiger partial charge in [0.2, 0.25) is 0 Å². The van der Waals surface area contributed by atoms with Crippen molar-refractivity contribution in [2.45, 2.75) is 90.9 Å². The lowest BCUT2D eigenvalue weighted by atomic mass is 10.0. The van der Waals surface area contributed by atoms with E-state index in [2.05, 4.69) is 123 Å². The molecule has 0 bridgehead atoms. The smallest absolute Gasteiger partial charge is 0.0520 e. The molecule has 1 aliphatic rings. The van der Waals surface area contributed by atoms with Crippen LogP contribution in [0.25, 0.3) is 0 Å². The molecule has 0 saturated heterocycles. The van der Waals surface area contributed by atoms with Crippen molar-refractivity contribution in [1.82, 2.24) is 0 Å². The van der Waals surface area contributed by atoms with Crippen LogP contribution in [-0.4, -0.2) is 29.7 Å². The second-order valence-electron chi connectivity index (χ2n) is 10.1. The van der Waals surface area contributed by atoms with Crippen LogP contribution in [0.1, 0.15) is 66.5 Å². The maximum absolute atomic E-state index is 3.86. The van der Waals surface area contributed by atoms with Gasteiger partial charge in [0.15, 0.2) is 0 Å². The number of fused-ring (bicyclic) bond motifs is 2. The molecule has 32 heavy (non-hydrogen) atoms. The molecule has 0 aliphatic carbocycles. The highest BCUT2D eigenvalue weighted by atomic mass is 79.9. The molecule has 2 aromatic carbocycles. The van der Waals surface area contributed by atoms with Gasteiger partial charge in [-0.2, -0.15) is 0 Å². The van der Waals surface area contributed by atoms with Crippen molar-refractivity contribution < 1.29 is 0 Å². The van der Waals surface area contributed by atoms with Crippen LogP contribution >= 0.6 is 47.7 Å². The summed E-state index contributed by atoms with van der Waals surface area (Å²) < 4.78 is 2.46. The van der Waals surface area contributed by atoms with Crippen LogP contribution in [0, 0.1) is 0 Å². The summed E-state index contributed by atoms with van der Waals surface area (Å²) >= 11 is 7.73. The molecule has 0 N–H and O–H groups in total. The van der Waals surface area contributed by atoms with E-state index in [4.69, 9.17) is 0 Å². The molecule has 1 aliphatic heterocycles. The number of hydrogen-bond donors (Lipinski definition) is 0.